The van der Waals surface area contributed by atoms with E-state index < -0.39 is 0 Å². The van der Waals surface area contributed by atoms with Gasteiger partial charge in [-0.2, -0.15) is 5.26 Å². The third-order valence-corrected chi connectivity index (χ3v) is 5.26. The average Bonchev–Trinajstić information content (AvgIpc) is 3.27. The summed E-state index contributed by atoms with van der Waals surface area (Å²) in [5.74, 6) is 1.00. The van der Waals surface area contributed by atoms with E-state index in [1.165, 1.54) is 6.08 Å². The maximum Gasteiger partial charge on any atom is 0.264 e. The van der Waals surface area contributed by atoms with Crippen LogP contribution in [0, 0.1) is 11.3 Å². The molecule has 0 N–H and O–H groups in total. The molecule has 0 bridgehead atoms. The van der Waals surface area contributed by atoms with Gasteiger partial charge in [-0.15, -0.1) is 0 Å². The molecule has 1 amide bonds. The Hall–Kier alpha value is -3.24. The average molecular weight is 392 g/mol. The van der Waals surface area contributed by atoms with E-state index in [0.29, 0.717) is 32.1 Å². The molecule has 0 unspecified atom stereocenters. The number of benzene rings is 1. The zero-order chi connectivity index (χ0) is 20.1. The lowest BCUT2D eigenvalue weighted by Crippen LogP contribution is -2.49. The van der Waals surface area contributed by atoms with E-state index in [9.17, 15) is 10.1 Å². The summed E-state index contributed by atoms with van der Waals surface area (Å²) in [6, 6.07) is 15.9. The van der Waals surface area contributed by atoms with Crippen molar-refractivity contribution in [3.8, 4) is 6.07 Å². The Kier molecular flexibility index (Phi) is 5.82. The van der Waals surface area contributed by atoms with Crippen LogP contribution in [0.5, 0.6) is 0 Å². The largest absolute Gasteiger partial charge is 0.441 e. The molecule has 7 heteroatoms. The van der Waals surface area contributed by atoms with Gasteiger partial charge in [0, 0.05) is 57.1 Å². The van der Waals surface area contributed by atoms with Crippen molar-refractivity contribution >= 4 is 23.6 Å². The van der Waals surface area contributed by atoms with Crippen molar-refractivity contribution in [3.63, 3.8) is 0 Å². The summed E-state index contributed by atoms with van der Waals surface area (Å²) in [6.07, 6.45) is 1.54. The van der Waals surface area contributed by atoms with Crippen molar-refractivity contribution < 1.29 is 13.9 Å². The van der Waals surface area contributed by atoms with Gasteiger partial charge in [-0.3, -0.25) is 4.79 Å². The molecule has 0 aliphatic carbocycles. The number of ether oxygens (including phenoxy) is 1. The lowest BCUT2D eigenvalue weighted by molar-refractivity contribution is -0.126. The van der Waals surface area contributed by atoms with Crippen molar-refractivity contribution in [1.29, 1.82) is 5.26 Å². The Morgan fingerprint density at radius 3 is 2.34 bits per heavy atom. The number of anilines is 2. The fourth-order valence-electron chi connectivity index (χ4n) is 3.63. The molecule has 2 aliphatic heterocycles. The van der Waals surface area contributed by atoms with Crippen molar-refractivity contribution in [2.45, 2.75) is 0 Å². The second-order valence-corrected chi connectivity index (χ2v) is 7.06. The van der Waals surface area contributed by atoms with Gasteiger partial charge < -0.3 is 23.9 Å². The fraction of sp³-hybridized carbons (Fsp3) is 0.364. The van der Waals surface area contributed by atoms with Gasteiger partial charge in [0.05, 0.1) is 13.2 Å². The number of carbonyl (C=O) groups excluding carboxylic acids is 1. The molecular formula is C22H24N4O3. The van der Waals surface area contributed by atoms with E-state index in [1.54, 1.807) is 11.0 Å². The molecule has 0 saturated carbocycles. The number of nitriles is 1. The van der Waals surface area contributed by atoms with Gasteiger partial charge in [0.25, 0.3) is 5.91 Å². The Balaban J connectivity index is 1.40. The molecule has 7 nitrogen and oxygen atoms in total. The van der Waals surface area contributed by atoms with Crippen molar-refractivity contribution in [2.24, 2.45) is 0 Å². The lowest BCUT2D eigenvalue weighted by atomic mass is 10.2. The zero-order valence-electron chi connectivity index (χ0n) is 16.3. The topological polar surface area (TPSA) is 72.9 Å². The molecule has 29 heavy (non-hydrogen) atoms. The fourth-order valence-corrected chi connectivity index (χ4v) is 3.63. The molecular weight excluding hydrogens is 368 g/mol. The third kappa shape index (κ3) is 4.44. The predicted octanol–water partition coefficient (Wildman–Crippen LogP) is 2.37. The molecule has 3 heterocycles. The molecule has 2 fully saturated rings. The highest BCUT2D eigenvalue weighted by Gasteiger charge is 2.24. The Labute approximate surface area is 170 Å². The first-order chi connectivity index (χ1) is 14.2. The minimum Gasteiger partial charge on any atom is -0.441 e. The minimum absolute atomic E-state index is 0.0982. The quantitative estimate of drug-likeness (QED) is 0.588. The summed E-state index contributed by atoms with van der Waals surface area (Å²) >= 11 is 0. The van der Waals surface area contributed by atoms with E-state index >= 15 is 0 Å². The molecule has 0 spiro atoms. The predicted molar refractivity (Wildman–Crippen MR) is 111 cm³/mol. The molecule has 2 aliphatic rings. The number of para-hydroxylation sites is 1. The van der Waals surface area contributed by atoms with Crippen molar-refractivity contribution in [3.05, 3.63) is 53.8 Å². The Morgan fingerprint density at radius 2 is 1.66 bits per heavy atom. The summed E-state index contributed by atoms with van der Waals surface area (Å²) in [5, 5.41) is 9.53. The van der Waals surface area contributed by atoms with Gasteiger partial charge in [-0.1, -0.05) is 18.2 Å². The van der Waals surface area contributed by atoms with Crippen LogP contribution < -0.4 is 9.80 Å². The van der Waals surface area contributed by atoms with E-state index in [4.69, 9.17) is 9.15 Å². The van der Waals surface area contributed by atoms with E-state index in [1.807, 2.05) is 30.3 Å². The van der Waals surface area contributed by atoms with Crippen molar-refractivity contribution in [2.75, 3.05) is 62.3 Å². The normalized spacial score (nSPS) is 17.9. The number of nitrogens with zero attached hydrogens (tertiary/aromatic N) is 4. The van der Waals surface area contributed by atoms with Crippen LogP contribution in [0.1, 0.15) is 5.76 Å². The number of carbonyl (C=O) groups is 1. The first-order valence-electron chi connectivity index (χ1n) is 9.88. The number of hydrogen-bond donors (Lipinski definition) is 0. The van der Waals surface area contributed by atoms with Crippen LogP contribution in [-0.2, 0) is 9.53 Å². The summed E-state index contributed by atoms with van der Waals surface area (Å²) < 4.78 is 11.2. The molecule has 4 rings (SSSR count). The summed E-state index contributed by atoms with van der Waals surface area (Å²) in [6.45, 7) is 5.55. The number of piperazine rings is 1. The molecule has 150 valence electrons. The number of amides is 1. The van der Waals surface area contributed by atoms with Gasteiger partial charge in [0.15, 0.2) is 5.88 Å². The van der Waals surface area contributed by atoms with Gasteiger partial charge >= 0.3 is 0 Å². The molecule has 0 radical (unpaired) electrons. The zero-order valence-corrected chi connectivity index (χ0v) is 16.3. The van der Waals surface area contributed by atoms with Gasteiger partial charge in [-0.05, 0) is 18.2 Å². The molecule has 1 aromatic carbocycles. The lowest BCUT2D eigenvalue weighted by Gasteiger charge is -2.36. The van der Waals surface area contributed by atoms with E-state index in [0.717, 1.165) is 37.8 Å². The van der Waals surface area contributed by atoms with Crippen LogP contribution in [0.4, 0.5) is 11.6 Å². The highest BCUT2D eigenvalue weighted by Crippen LogP contribution is 2.22. The Bertz CT molecular complexity index is 902. The van der Waals surface area contributed by atoms with Crippen LogP contribution in [0.25, 0.3) is 6.08 Å². The summed E-state index contributed by atoms with van der Waals surface area (Å²) in [5.41, 5.74) is 1.25. The number of morpholine rings is 1. The van der Waals surface area contributed by atoms with Gasteiger partial charge in [-0.25, -0.2) is 0 Å². The van der Waals surface area contributed by atoms with Gasteiger partial charge in [0.2, 0.25) is 0 Å². The first-order valence-corrected chi connectivity index (χ1v) is 9.88. The van der Waals surface area contributed by atoms with Crippen LogP contribution in [0.15, 0.2) is 52.5 Å². The number of rotatable bonds is 4. The smallest absolute Gasteiger partial charge is 0.264 e. The molecule has 2 saturated heterocycles. The van der Waals surface area contributed by atoms with Crippen LogP contribution in [-0.4, -0.2) is 63.3 Å². The van der Waals surface area contributed by atoms with E-state index in [-0.39, 0.29) is 11.5 Å². The van der Waals surface area contributed by atoms with Crippen LogP contribution in [0.2, 0.25) is 0 Å². The summed E-state index contributed by atoms with van der Waals surface area (Å²) in [4.78, 5) is 18.9. The molecule has 0 atom stereocenters. The second-order valence-electron chi connectivity index (χ2n) is 7.06. The summed E-state index contributed by atoms with van der Waals surface area (Å²) in [7, 11) is 0. The van der Waals surface area contributed by atoms with Crippen molar-refractivity contribution in [1.82, 2.24) is 4.90 Å². The second kappa shape index (κ2) is 8.84. The van der Waals surface area contributed by atoms with Crippen LogP contribution in [0.3, 0.4) is 0 Å². The first kappa shape index (κ1) is 19.1. The van der Waals surface area contributed by atoms with E-state index in [2.05, 4.69) is 21.9 Å². The molecule has 1 aromatic heterocycles. The number of furan rings is 1. The maximum atomic E-state index is 12.8. The third-order valence-electron chi connectivity index (χ3n) is 5.26. The monoisotopic (exact) mass is 392 g/mol. The van der Waals surface area contributed by atoms with Gasteiger partial charge in [0.1, 0.15) is 17.4 Å². The Morgan fingerprint density at radius 1 is 0.931 bits per heavy atom. The standard InChI is InChI=1S/C22H24N4O3/c23-17-18(16-20-6-7-21(29-20)25-12-14-28-15-13-25)22(27)26-10-8-24(9-11-26)19-4-2-1-3-5-19/h1-7,16H,8-15H2. The minimum atomic E-state index is -0.246. The van der Waals surface area contributed by atoms with Crippen LogP contribution >= 0.6 is 0 Å². The SMILES string of the molecule is N#CC(=Cc1ccc(N2CCOCC2)o1)C(=O)N1CCN(c2ccccc2)CC1. The highest BCUT2D eigenvalue weighted by molar-refractivity contribution is 6.01. The number of hydrogen-bond acceptors (Lipinski definition) is 6. The molecule has 2 aromatic rings. The highest BCUT2D eigenvalue weighted by atomic mass is 16.5. The maximum absolute atomic E-state index is 12.8.